The molecule has 0 spiro atoms. The van der Waals surface area contributed by atoms with Crippen LogP contribution in [-0.4, -0.2) is 47.1 Å². The van der Waals surface area contributed by atoms with Gasteiger partial charge in [0.05, 0.1) is 26.0 Å². The first-order valence-corrected chi connectivity index (χ1v) is 7.08. The highest BCUT2D eigenvalue weighted by atomic mass is 16.5. The van der Waals surface area contributed by atoms with E-state index in [0.29, 0.717) is 24.2 Å². The molecule has 2 aliphatic rings. The van der Waals surface area contributed by atoms with Gasteiger partial charge in [-0.15, -0.1) is 0 Å². The van der Waals surface area contributed by atoms with Crippen molar-refractivity contribution in [1.29, 1.82) is 0 Å². The third kappa shape index (κ3) is 2.69. The summed E-state index contributed by atoms with van der Waals surface area (Å²) in [7, 11) is 1.54. The van der Waals surface area contributed by atoms with Gasteiger partial charge in [-0.1, -0.05) is 6.42 Å². The Morgan fingerprint density at radius 2 is 2.10 bits per heavy atom. The molecule has 1 saturated heterocycles. The summed E-state index contributed by atoms with van der Waals surface area (Å²) in [6.45, 7) is 1.42. The summed E-state index contributed by atoms with van der Waals surface area (Å²) in [6, 6.07) is 0. The number of nitrogens with zero attached hydrogens (tertiary/aromatic N) is 3. The van der Waals surface area contributed by atoms with Gasteiger partial charge >= 0.3 is 0 Å². The Balaban J connectivity index is 1.55. The molecule has 0 aromatic carbocycles. The van der Waals surface area contributed by atoms with E-state index in [1.54, 1.807) is 13.3 Å². The van der Waals surface area contributed by atoms with Gasteiger partial charge in [-0.25, -0.2) is 0 Å². The number of carbonyl (C=O) groups excluding carboxylic acids is 1. The first-order chi connectivity index (χ1) is 9.76. The molecule has 1 aliphatic carbocycles. The molecular weight excluding hydrogens is 258 g/mol. The van der Waals surface area contributed by atoms with E-state index in [-0.39, 0.29) is 12.0 Å². The van der Waals surface area contributed by atoms with Crippen molar-refractivity contribution < 1.29 is 14.3 Å². The second-order valence-corrected chi connectivity index (χ2v) is 5.34. The smallest absolute Gasteiger partial charge is 0.235 e. The predicted octanol–water partition coefficient (Wildman–Crippen LogP) is 1.26. The number of aromatic nitrogens is 2. The fourth-order valence-corrected chi connectivity index (χ4v) is 2.59. The molecule has 1 aliphatic heterocycles. The highest BCUT2D eigenvalue weighted by molar-refractivity contribution is 5.79. The SMILES string of the molecule is COc1cncc(OC2CCN(C(=O)C3CCC3)C2)n1. The van der Waals surface area contributed by atoms with Crippen LogP contribution in [0.2, 0.25) is 0 Å². The summed E-state index contributed by atoms with van der Waals surface area (Å²) >= 11 is 0. The van der Waals surface area contributed by atoms with E-state index in [1.807, 2.05) is 4.90 Å². The molecule has 2 fully saturated rings. The van der Waals surface area contributed by atoms with Gasteiger partial charge in [-0.3, -0.25) is 9.78 Å². The van der Waals surface area contributed by atoms with Gasteiger partial charge in [-0.05, 0) is 12.8 Å². The van der Waals surface area contributed by atoms with Crippen molar-refractivity contribution >= 4 is 5.91 Å². The van der Waals surface area contributed by atoms with Gasteiger partial charge in [0, 0.05) is 18.9 Å². The van der Waals surface area contributed by atoms with Crippen molar-refractivity contribution in [2.24, 2.45) is 5.92 Å². The lowest BCUT2D eigenvalue weighted by Gasteiger charge is -2.29. The quantitative estimate of drug-likeness (QED) is 0.829. The minimum Gasteiger partial charge on any atom is -0.480 e. The summed E-state index contributed by atoms with van der Waals surface area (Å²) in [4.78, 5) is 22.3. The van der Waals surface area contributed by atoms with Gasteiger partial charge in [0.25, 0.3) is 0 Å². The molecule has 6 nitrogen and oxygen atoms in total. The van der Waals surface area contributed by atoms with E-state index in [1.165, 1.54) is 12.6 Å². The number of hydrogen-bond acceptors (Lipinski definition) is 5. The van der Waals surface area contributed by atoms with Crippen LogP contribution in [0.15, 0.2) is 12.4 Å². The van der Waals surface area contributed by atoms with Crippen molar-refractivity contribution in [1.82, 2.24) is 14.9 Å². The van der Waals surface area contributed by atoms with Crippen molar-refractivity contribution in [3.05, 3.63) is 12.4 Å². The molecule has 1 unspecified atom stereocenters. The standard InChI is InChI=1S/C14H19N3O3/c1-19-12-7-15-8-13(16-12)20-11-5-6-17(9-11)14(18)10-3-2-4-10/h7-8,10-11H,2-6,9H2,1H3. The molecule has 1 atom stereocenters. The Hall–Kier alpha value is -1.85. The molecule has 2 heterocycles. The van der Waals surface area contributed by atoms with Crippen LogP contribution in [0.4, 0.5) is 0 Å². The number of hydrogen-bond donors (Lipinski definition) is 0. The maximum absolute atomic E-state index is 12.1. The molecule has 0 radical (unpaired) electrons. The molecule has 1 aromatic rings. The molecule has 3 rings (SSSR count). The van der Waals surface area contributed by atoms with Crippen LogP contribution in [0, 0.1) is 5.92 Å². The molecule has 0 N–H and O–H groups in total. The number of likely N-dealkylation sites (tertiary alicyclic amines) is 1. The summed E-state index contributed by atoms with van der Waals surface area (Å²) in [5.41, 5.74) is 0. The van der Waals surface area contributed by atoms with Crippen molar-refractivity contribution in [3.63, 3.8) is 0 Å². The fraction of sp³-hybridized carbons (Fsp3) is 0.643. The van der Waals surface area contributed by atoms with Crippen LogP contribution < -0.4 is 9.47 Å². The molecule has 108 valence electrons. The summed E-state index contributed by atoms with van der Waals surface area (Å²) < 4.78 is 10.8. The van der Waals surface area contributed by atoms with Crippen LogP contribution in [0.1, 0.15) is 25.7 Å². The molecule has 1 amide bonds. The Morgan fingerprint density at radius 3 is 2.80 bits per heavy atom. The lowest BCUT2D eigenvalue weighted by molar-refractivity contribution is -0.137. The summed E-state index contributed by atoms with van der Waals surface area (Å²) in [5, 5.41) is 0. The Bertz CT molecular complexity index is 490. The lowest BCUT2D eigenvalue weighted by Crippen LogP contribution is -2.38. The number of carbonyl (C=O) groups is 1. The first-order valence-electron chi connectivity index (χ1n) is 7.08. The highest BCUT2D eigenvalue weighted by Crippen LogP contribution is 2.30. The van der Waals surface area contributed by atoms with Gasteiger partial charge in [0.15, 0.2) is 0 Å². The zero-order valence-corrected chi connectivity index (χ0v) is 11.6. The van der Waals surface area contributed by atoms with Gasteiger partial charge < -0.3 is 14.4 Å². The highest BCUT2D eigenvalue weighted by Gasteiger charge is 2.34. The van der Waals surface area contributed by atoms with Crippen LogP contribution in [0.25, 0.3) is 0 Å². The lowest BCUT2D eigenvalue weighted by atomic mass is 9.84. The van der Waals surface area contributed by atoms with E-state index >= 15 is 0 Å². The van der Waals surface area contributed by atoms with E-state index in [0.717, 1.165) is 25.8 Å². The maximum Gasteiger partial charge on any atom is 0.235 e. The Labute approximate surface area is 118 Å². The van der Waals surface area contributed by atoms with Gasteiger partial charge in [0.2, 0.25) is 17.7 Å². The van der Waals surface area contributed by atoms with E-state index < -0.39 is 0 Å². The predicted molar refractivity (Wildman–Crippen MR) is 71.5 cm³/mol. The summed E-state index contributed by atoms with van der Waals surface area (Å²) in [5.74, 6) is 1.43. The topological polar surface area (TPSA) is 64.6 Å². The molecule has 1 aromatic heterocycles. The Kier molecular flexibility index (Phi) is 3.71. The van der Waals surface area contributed by atoms with Crippen LogP contribution in [0.5, 0.6) is 11.8 Å². The molecular formula is C14H19N3O3. The molecule has 1 saturated carbocycles. The van der Waals surface area contributed by atoms with Crippen LogP contribution >= 0.6 is 0 Å². The van der Waals surface area contributed by atoms with E-state index in [9.17, 15) is 4.79 Å². The zero-order valence-electron chi connectivity index (χ0n) is 11.6. The second kappa shape index (κ2) is 5.64. The minimum atomic E-state index is 0.000401. The number of ether oxygens (including phenoxy) is 2. The van der Waals surface area contributed by atoms with Gasteiger partial charge in [0.1, 0.15) is 6.10 Å². The van der Waals surface area contributed by atoms with Crippen LogP contribution in [0.3, 0.4) is 0 Å². The van der Waals surface area contributed by atoms with Crippen LogP contribution in [-0.2, 0) is 4.79 Å². The number of methoxy groups -OCH3 is 1. The molecule has 6 heteroatoms. The van der Waals surface area contributed by atoms with E-state index in [2.05, 4.69) is 9.97 Å². The van der Waals surface area contributed by atoms with Crippen molar-refractivity contribution in [2.45, 2.75) is 31.8 Å². The normalized spacial score (nSPS) is 22.4. The molecule has 20 heavy (non-hydrogen) atoms. The van der Waals surface area contributed by atoms with E-state index in [4.69, 9.17) is 9.47 Å². The zero-order chi connectivity index (χ0) is 13.9. The van der Waals surface area contributed by atoms with Gasteiger partial charge in [-0.2, -0.15) is 4.98 Å². The average Bonchev–Trinajstić information content (AvgIpc) is 2.85. The molecule has 0 bridgehead atoms. The maximum atomic E-state index is 12.1. The second-order valence-electron chi connectivity index (χ2n) is 5.34. The number of rotatable bonds is 4. The third-order valence-corrected chi connectivity index (χ3v) is 4.00. The monoisotopic (exact) mass is 277 g/mol. The van der Waals surface area contributed by atoms with Crippen molar-refractivity contribution in [2.75, 3.05) is 20.2 Å². The third-order valence-electron chi connectivity index (χ3n) is 4.00. The first kappa shape index (κ1) is 13.1. The minimum absolute atomic E-state index is 0.000401. The summed E-state index contributed by atoms with van der Waals surface area (Å²) in [6.07, 6.45) is 7.22. The average molecular weight is 277 g/mol. The largest absolute Gasteiger partial charge is 0.480 e. The fourth-order valence-electron chi connectivity index (χ4n) is 2.59. The Morgan fingerprint density at radius 1 is 1.30 bits per heavy atom. The van der Waals surface area contributed by atoms with Crippen molar-refractivity contribution in [3.8, 4) is 11.8 Å². The number of amides is 1.